The zero-order chi connectivity index (χ0) is 10.5. The third-order valence-corrected chi connectivity index (χ3v) is 2.59. The number of pyridine rings is 1. The summed E-state index contributed by atoms with van der Waals surface area (Å²) in [6.07, 6.45) is 4.43. The molecule has 1 saturated heterocycles. The molecule has 0 saturated carbocycles. The van der Waals surface area contributed by atoms with Crippen LogP contribution >= 0.6 is 0 Å². The summed E-state index contributed by atoms with van der Waals surface area (Å²) >= 11 is 0. The van der Waals surface area contributed by atoms with Gasteiger partial charge in [-0.3, -0.25) is 9.78 Å². The molecule has 0 aliphatic carbocycles. The Morgan fingerprint density at radius 2 is 2.47 bits per heavy atom. The Labute approximate surface area is 89.1 Å². The van der Waals surface area contributed by atoms with Gasteiger partial charge in [0.1, 0.15) is 0 Å². The van der Waals surface area contributed by atoms with Crippen LogP contribution in [0.25, 0.3) is 0 Å². The molecule has 1 aromatic heterocycles. The summed E-state index contributed by atoms with van der Waals surface area (Å²) in [6.45, 7) is 2.33. The molecule has 1 aliphatic heterocycles. The number of nitrogens with zero attached hydrogens (tertiary/aromatic N) is 1. The first-order chi connectivity index (χ1) is 7.36. The van der Waals surface area contributed by atoms with Crippen LogP contribution in [0.5, 0.6) is 0 Å². The van der Waals surface area contributed by atoms with Crippen molar-refractivity contribution in [1.82, 2.24) is 15.6 Å². The SMILES string of the molecule is O=C(NCCc1cccnc1)C1CNC1. The van der Waals surface area contributed by atoms with Gasteiger partial charge in [-0.2, -0.15) is 0 Å². The van der Waals surface area contributed by atoms with Crippen molar-refractivity contribution in [2.75, 3.05) is 19.6 Å². The maximum absolute atomic E-state index is 11.4. The van der Waals surface area contributed by atoms with Gasteiger partial charge in [-0.05, 0) is 18.1 Å². The second-order valence-corrected chi connectivity index (χ2v) is 3.76. The highest BCUT2D eigenvalue weighted by Gasteiger charge is 2.23. The van der Waals surface area contributed by atoms with E-state index in [1.165, 1.54) is 0 Å². The molecule has 2 rings (SSSR count). The van der Waals surface area contributed by atoms with Gasteiger partial charge in [-0.15, -0.1) is 0 Å². The van der Waals surface area contributed by atoms with E-state index in [2.05, 4.69) is 15.6 Å². The zero-order valence-electron chi connectivity index (χ0n) is 8.57. The molecule has 1 fully saturated rings. The van der Waals surface area contributed by atoms with Crippen LogP contribution in [-0.2, 0) is 11.2 Å². The summed E-state index contributed by atoms with van der Waals surface area (Å²) in [7, 11) is 0. The first-order valence-corrected chi connectivity index (χ1v) is 5.23. The molecule has 4 heteroatoms. The molecule has 0 bridgehead atoms. The van der Waals surface area contributed by atoms with Crippen molar-refractivity contribution < 1.29 is 4.79 Å². The molecule has 0 radical (unpaired) electrons. The largest absolute Gasteiger partial charge is 0.355 e. The van der Waals surface area contributed by atoms with Crippen LogP contribution in [0.4, 0.5) is 0 Å². The van der Waals surface area contributed by atoms with Gasteiger partial charge in [0.2, 0.25) is 5.91 Å². The normalized spacial score (nSPS) is 15.7. The fourth-order valence-electron chi connectivity index (χ4n) is 1.49. The number of rotatable bonds is 4. The minimum Gasteiger partial charge on any atom is -0.355 e. The Balaban J connectivity index is 1.68. The molecular formula is C11H15N3O. The molecule has 2 heterocycles. The van der Waals surface area contributed by atoms with Crippen molar-refractivity contribution in [2.45, 2.75) is 6.42 Å². The van der Waals surface area contributed by atoms with Crippen LogP contribution in [0, 0.1) is 5.92 Å². The van der Waals surface area contributed by atoms with Crippen LogP contribution in [0.2, 0.25) is 0 Å². The Kier molecular flexibility index (Phi) is 3.29. The first-order valence-electron chi connectivity index (χ1n) is 5.23. The standard InChI is InChI=1S/C11H15N3O/c15-11(10-7-13-8-10)14-5-3-9-2-1-4-12-6-9/h1-2,4,6,10,13H,3,5,7-8H2,(H,14,15). The van der Waals surface area contributed by atoms with Crippen molar-refractivity contribution in [3.8, 4) is 0 Å². The first kappa shape index (κ1) is 10.1. The highest BCUT2D eigenvalue weighted by Crippen LogP contribution is 2.02. The molecule has 1 aromatic rings. The van der Waals surface area contributed by atoms with E-state index in [1.807, 2.05) is 18.3 Å². The lowest BCUT2D eigenvalue weighted by molar-refractivity contribution is -0.126. The number of hydrogen-bond donors (Lipinski definition) is 2. The van der Waals surface area contributed by atoms with E-state index in [4.69, 9.17) is 0 Å². The van der Waals surface area contributed by atoms with E-state index >= 15 is 0 Å². The van der Waals surface area contributed by atoms with Crippen molar-refractivity contribution in [3.05, 3.63) is 30.1 Å². The quantitative estimate of drug-likeness (QED) is 0.725. The maximum Gasteiger partial charge on any atom is 0.225 e. The summed E-state index contributed by atoms with van der Waals surface area (Å²) in [5.74, 6) is 0.344. The number of nitrogens with one attached hydrogen (secondary N) is 2. The molecule has 0 aromatic carbocycles. The third kappa shape index (κ3) is 2.76. The summed E-state index contributed by atoms with van der Waals surface area (Å²) in [6, 6.07) is 3.93. The lowest BCUT2D eigenvalue weighted by atomic mass is 10.0. The van der Waals surface area contributed by atoms with Crippen molar-refractivity contribution in [1.29, 1.82) is 0 Å². The van der Waals surface area contributed by atoms with Crippen molar-refractivity contribution in [3.63, 3.8) is 0 Å². The minimum absolute atomic E-state index is 0.164. The Morgan fingerprint density at radius 3 is 3.07 bits per heavy atom. The van der Waals surface area contributed by atoms with E-state index in [1.54, 1.807) is 6.20 Å². The maximum atomic E-state index is 11.4. The van der Waals surface area contributed by atoms with Gasteiger partial charge >= 0.3 is 0 Å². The monoisotopic (exact) mass is 205 g/mol. The molecule has 1 aliphatic rings. The topological polar surface area (TPSA) is 54.0 Å². The van der Waals surface area contributed by atoms with E-state index in [9.17, 15) is 4.79 Å². The fourth-order valence-corrected chi connectivity index (χ4v) is 1.49. The molecule has 4 nitrogen and oxygen atoms in total. The minimum atomic E-state index is 0.164. The van der Waals surface area contributed by atoms with E-state index in [0.29, 0.717) is 6.54 Å². The average molecular weight is 205 g/mol. The predicted molar refractivity (Wildman–Crippen MR) is 57.3 cm³/mol. The number of carbonyl (C=O) groups is 1. The average Bonchev–Trinajstić information content (AvgIpc) is 2.16. The molecule has 80 valence electrons. The van der Waals surface area contributed by atoms with Crippen LogP contribution < -0.4 is 10.6 Å². The van der Waals surface area contributed by atoms with Gasteiger partial charge in [0, 0.05) is 32.0 Å². The van der Waals surface area contributed by atoms with Gasteiger partial charge in [0.15, 0.2) is 0 Å². The molecular weight excluding hydrogens is 190 g/mol. The van der Waals surface area contributed by atoms with Gasteiger partial charge in [0.25, 0.3) is 0 Å². The fraction of sp³-hybridized carbons (Fsp3) is 0.455. The van der Waals surface area contributed by atoms with Gasteiger partial charge < -0.3 is 10.6 Å². The lowest BCUT2D eigenvalue weighted by Gasteiger charge is -2.25. The summed E-state index contributed by atoms with van der Waals surface area (Å²) < 4.78 is 0. The zero-order valence-corrected chi connectivity index (χ0v) is 8.57. The predicted octanol–water partition coefficient (Wildman–Crippen LogP) is -0.0403. The number of carbonyl (C=O) groups excluding carboxylic acids is 1. The molecule has 15 heavy (non-hydrogen) atoms. The summed E-state index contributed by atoms with van der Waals surface area (Å²) in [5, 5.41) is 6.01. The van der Waals surface area contributed by atoms with Crippen LogP contribution in [-0.4, -0.2) is 30.5 Å². The van der Waals surface area contributed by atoms with E-state index < -0.39 is 0 Å². The summed E-state index contributed by atoms with van der Waals surface area (Å²) in [5.41, 5.74) is 1.16. The third-order valence-electron chi connectivity index (χ3n) is 2.59. The van der Waals surface area contributed by atoms with E-state index in [-0.39, 0.29) is 11.8 Å². The summed E-state index contributed by atoms with van der Waals surface area (Å²) in [4.78, 5) is 15.5. The Bertz CT molecular complexity index is 322. The molecule has 0 spiro atoms. The number of aromatic nitrogens is 1. The van der Waals surface area contributed by atoms with Gasteiger partial charge in [-0.1, -0.05) is 6.07 Å². The van der Waals surface area contributed by atoms with Crippen LogP contribution in [0.1, 0.15) is 5.56 Å². The van der Waals surface area contributed by atoms with Gasteiger partial charge in [0.05, 0.1) is 5.92 Å². The number of amides is 1. The van der Waals surface area contributed by atoms with Crippen LogP contribution in [0.3, 0.4) is 0 Å². The molecule has 2 N–H and O–H groups in total. The second kappa shape index (κ2) is 4.89. The molecule has 0 unspecified atom stereocenters. The lowest BCUT2D eigenvalue weighted by Crippen LogP contribution is -2.51. The highest BCUT2D eigenvalue weighted by molar-refractivity contribution is 5.79. The van der Waals surface area contributed by atoms with Crippen molar-refractivity contribution >= 4 is 5.91 Å². The highest BCUT2D eigenvalue weighted by atomic mass is 16.2. The Hall–Kier alpha value is -1.42. The number of hydrogen-bond acceptors (Lipinski definition) is 3. The Morgan fingerprint density at radius 1 is 1.60 bits per heavy atom. The van der Waals surface area contributed by atoms with Crippen LogP contribution in [0.15, 0.2) is 24.5 Å². The van der Waals surface area contributed by atoms with E-state index in [0.717, 1.165) is 25.1 Å². The smallest absolute Gasteiger partial charge is 0.225 e. The van der Waals surface area contributed by atoms with Gasteiger partial charge in [-0.25, -0.2) is 0 Å². The molecule has 0 atom stereocenters. The van der Waals surface area contributed by atoms with Crippen molar-refractivity contribution in [2.24, 2.45) is 5.92 Å². The second-order valence-electron chi connectivity index (χ2n) is 3.76. The molecule has 1 amide bonds.